The van der Waals surface area contributed by atoms with Gasteiger partial charge in [-0.2, -0.15) is 0 Å². The van der Waals surface area contributed by atoms with E-state index in [1.807, 2.05) is 0 Å². The molecule has 0 bridgehead atoms. The van der Waals surface area contributed by atoms with E-state index in [0.29, 0.717) is 0 Å². The molecule has 2 aromatic rings. The van der Waals surface area contributed by atoms with Crippen LogP contribution in [0.2, 0.25) is 0 Å². The maximum Gasteiger partial charge on any atom is 0.0346 e. The molecule has 0 aliphatic carbocycles. The van der Waals surface area contributed by atoms with Crippen LogP contribution in [0.15, 0.2) is 0 Å². The first-order valence-electron chi connectivity index (χ1n) is 16.8. The minimum absolute atomic E-state index is 0.879. The van der Waals surface area contributed by atoms with Crippen LogP contribution in [-0.4, -0.2) is 0 Å². The van der Waals surface area contributed by atoms with Crippen molar-refractivity contribution in [2.45, 2.75) is 157 Å². The molecular formula is C40H58Br2. The summed E-state index contributed by atoms with van der Waals surface area (Å²) < 4.78 is 0. The molecule has 2 rings (SSSR count). The molecule has 0 saturated heterocycles. The van der Waals surface area contributed by atoms with Crippen LogP contribution < -0.4 is 0 Å². The van der Waals surface area contributed by atoms with Crippen LogP contribution in [0.5, 0.6) is 0 Å². The fourth-order valence-corrected chi connectivity index (χ4v) is 8.25. The quantitative estimate of drug-likeness (QED) is 0.153. The Hall–Kier alpha value is -1.48. The molecule has 0 aromatic heterocycles. The maximum absolute atomic E-state index is 3.69. The average Bonchev–Trinajstić information content (AvgIpc) is 3.02. The van der Waals surface area contributed by atoms with Gasteiger partial charge >= 0.3 is 0 Å². The lowest BCUT2D eigenvalue weighted by atomic mass is 9.80. The second-order valence-corrected chi connectivity index (χ2v) is 11.7. The Kier molecular flexibility index (Phi) is 19.5. The van der Waals surface area contributed by atoms with Crippen molar-refractivity contribution in [3.8, 4) is 23.7 Å². The van der Waals surface area contributed by atoms with Crippen LogP contribution >= 0.6 is 31.9 Å². The van der Waals surface area contributed by atoms with Crippen LogP contribution in [0.25, 0.3) is 0 Å². The van der Waals surface area contributed by atoms with Gasteiger partial charge in [0.15, 0.2) is 0 Å². The standard InChI is InChI=1S/C24H34.C16H24Br2/c1-7-13-15-17-23-21(11-5)19(9-3)20(10-4)22(12-6)24(23)18-16-14-8-2;1-5-11-12(6-2)14(8-4)16(10-18)15(9-17)13(11)7-3/h7-12,17-18H2,1-6H3;5-10H2,1-4H3. The summed E-state index contributed by atoms with van der Waals surface area (Å²) in [4.78, 5) is 0. The summed E-state index contributed by atoms with van der Waals surface area (Å²) in [5.41, 5.74) is 18.7. The molecule has 0 fully saturated rings. The largest absolute Gasteiger partial charge is 0.103 e. The average molecular weight is 699 g/mol. The second-order valence-electron chi connectivity index (χ2n) is 10.6. The van der Waals surface area contributed by atoms with Gasteiger partial charge in [0.2, 0.25) is 0 Å². The first-order chi connectivity index (χ1) is 20.4. The highest BCUT2D eigenvalue weighted by Crippen LogP contribution is 2.34. The van der Waals surface area contributed by atoms with E-state index in [2.05, 4.69) is 125 Å². The summed E-state index contributed by atoms with van der Waals surface area (Å²) in [6, 6.07) is 0. The highest BCUT2D eigenvalue weighted by Gasteiger charge is 2.20. The van der Waals surface area contributed by atoms with Gasteiger partial charge in [-0.1, -0.05) is 113 Å². The van der Waals surface area contributed by atoms with Gasteiger partial charge in [0.25, 0.3) is 0 Å². The topological polar surface area (TPSA) is 0 Å². The molecule has 0 spiro atoms. The Morgan fingerprint density at radius 2 is 0.524 bits per heavy atom. The van der Waals surface area contributed by atoms with Crippen molar-refractivity contribution in [1.82, 2.24) is 0 Å². The number of alkyl halides is 2. The zero-order valence-electron chi connectivity index (χ0n) is 28.7. The number of halogens is 2. The van der Waals surface area contributed by atoms with Gasteiger partial charge in [-0.05, 0) is 118 Å². The molecule has 2 aromatic carbocycles. The molecule has 232 valence electrons. The lowest BCUT2D eigenvalue weighted by molar-refractivity contribution is 0.903. The molecule has 0 saturated carbocycles. The van der Waals surface area contributed by atoms with E-state index in [4.69, 9.17) is 0 Å². The van der Waals surface area contributed by atoms with E-state index in [-0.39, 0.29) is 0 Å². The van der Waals surface area contributed by atoms with Crippen molar-refractivity contribution in [1.29, 1.82) is 0 Å². The Bertz CT molecular complexity index is 1080. The zero-order valence-corrected chi connectivity index (χ0v) is 31.8. The smallest absolute Gasteiger partial charge is 0.0346 e. The van der Waals surface area contributed by atoms with Gasteiger partial charge in [0.1, 0.15) is 0 Å². The Labute approximate surface area is 277 Å². The normalized spacial score (nSPS) is 10.4. The van der Waals surface area contributed by atoms with E-state index < -0.39 is 0 Å². The Balaban J connectivity index is 0.000000437. The highest BCUT2D eigenvalue weighted by molar-refractivity contribution is 9.09. The van der Waals surface area contributed by atoms with Gasteiger partial charge in [-0.3, -0.25) is 0 Å². The van der Waals surface area contributed by atoms with Gasteiger partial charge in [0.05, 0.1) is 0 Å². The maximum atomic E-state index is 3.69. The Morgan fingerprint density at radius 3 is 0.714 bits per heavy atom. The van der Waals surface area contributed by atoms with Gasteiger partial charge in [-0.15, -0.1) is 11.8 Å². The summed E-state index contributed by atoms with van der Waals surface area (Å²) in [5.74, 6) is 13.3. The number of hydrogen-bond acceptors (Lipinski definition) is 0. The Morgan fingerprint density at radius 1 is 0.310 bits per heavy atom. The molecule has 0 amide bonds. The fourth-order valence-electron chi connectivity index (χ4n) is 6.90. The van der Waals surface area contributed by atoms with Crippen LogP contribution in [0.1, 0.15) is 149 Å². The predicted octanol–water partition coefficient (Wildman–Crippen LogP) is 11.6. The summed E-state index contributed by atoms with van der Waals surface area (Å²) in [7, 11) is 0. The molecule has 2 heteroatoms. The first kappa shape index (κ1) is 38.5. The van der Waals surface area contributed by atoms with Crippen molar-refractivity contribution >= 4 is 31.9 Å². The van der Waals surface area contributed by atoms with Gasteiger partial charge < -0.3 is 0 Å². The van der Waals surface area contributed by atoms with Gasteiger partial charge in [-0.25, -0.2) is 0 Å². The first-order valence-corrected chi connectivity index (χ1v) is 19.0. The van der Waals surface area contributed by atoms with Crippen LogP contribution in [-0.2, 0) is 74.9 Å². The summed E-state index contributed by atoms with van der Waals surface area (Å²) in [5, 5.41) is 1.95. The summed E-state index contributed by atoms with van der Waals surface area (Å²) in [6.45, 7) is 22.6. The molecular weight excluding hydrogens is 640 g/mol. The van der Waals surface area contributed by atoms with Crippen LogP contribution in [0.4, 0.5) is 0 Å². The van der Waals surface area contributed by atoms with E-state index in [9.17, 15) is 0 Å². The molecule has 0 aliphatic rings. The van der Waals surface area contributed by atoms with Crippen molar-refractivity contribution in [2.24, 2.45) is 0 Å². The van der Waals surface area contributed by atoms with Crippen molar-refractivity contribution < 1.29 is 0 Å². The third-order valence-corrected chi connectivity index (χ3v) is 9.72. The lowest BCUT2D eigenvalue weighted by Gasteiger charge is -2.24. The molecule has 0 nitrogen and oxygen atoms in total. The molecule has 0 aliphatic heterocycles. The zero-order chi connectivity index (χ0) is 31.7. The third-order valence-electron chi connectivity index (χ3n) is 8.60. The molecule has 0 atom stereocenters. The number of rotatable bonds is 12. The van der Waals surface area contributed by atoms with Crippen LogP contribution in [0.3, 0.4) is 0 Å². The van der Waals surface area contributed by atoms with Crippen molar-refractivity contribution in [3.63, 3.8) is 0 Å². The van der Waals surface area contributed by atoms with E-state index in [1.54, 1.807) is 44.5 Å². The molecule has 0 unspecified atom stereocenters. The van der Waals surface area contributed by atoms with Crippen molar-refractivity contribution in [2.75, 3.05) is 0 Å². The lowest BCUT2D eigenvalue weighted by Crippen LogP contribution is -2.12. The van der Waals surface area contributed by atoms with E-state index >= 15 is 0 Å². The third kappa shape index (κ3) is 9.26. The van der Waals surface area contributed by atoms with Gasteiger partial charge in [0, 0.05) is 36.3 Å². The summed E-state index contributed by atoms with van der Waals surface area (Å²) in [6.07, 6.45) is 12.6. The van der Waals surface area contributed by atoms with Crippen molar-refractivity contribution in [3.05, 3.63) is 66.8 Å². The second kappa shape index (κ2) is 21.3. The minimum atomic E-state index is 0.879. The molecule has 0 heterocycles. The van der Waals surface area contributed by atoms with E-state index in [1.165, 1.54) is 22.3 Å². The molecule has 42 heavy (non-hydrogen) atoms. The molecule has 0 N–H and O–H groups in total. The SMILES string of the molecule is CCC#CCc1c(CC)c(CC)c(CC)c(CC)c1CC#CCC.CCc1c(CC)c(CC)c(CBr)c(CBr)c1CC. The monoisotopic (exact) mass is 696 g/mol. The number of benzene rings is 2. The van der Waals surface area contributed by atoms with E-state index in [0.717, 1.165) is 87.7 Å². The summed E-state index contributed by atoms with van der Waals surface area (Å²) >= 11 is 7.39. The minimum Gasteiger partial charge on any atom is -0.103 e. The van der Waals surface area contributed by atoms with Crippen LogP contribution in [0, 0.1) is 23.7 Å². The number of hydrogen-bond donors (Lipinski definition) is 0. The predicted molar refractivity (Wildman–Crippen MR) is 197 cm³/mol. The fraction of sp³-hybridized carbons (Fsp3) is 0.600. The highest BCUT2D eigenvalue weighted by atomic mass is 79.9. The molecule has 0 radical (unpaired) electrons.